The van der Waals surface area contributed by atoms with Crippen LogP contribution in [0.5, 0.6) is 0 Å². The lowest BCUT2D eigenvalue weighted by Gasteiger charge is -2.15. The van der Waals surface area contributed by atoms with E-state index in [-0.39, 0.29) is 5.56 Å². The van der Waals surface area contributed by atoms with Crippen molar-refractivity contribution in [1.82, 2.24) is 20.0 Å². The number of pyridine rings is 1. The Bertz CT molecular complexity index is 920. The number of nitrogens with zero attached hydrogens (tertiary/aromatic N) is 2. The standard InChI is InChI=1S/C17H17ClN4O/c1-21-7-6-14-15(11-8-19-20-9-11)10-22(17(23)16(14)21)13-4-2-12(18)3-5-13/h2-7,10-11,19-20H,8-9H2,1H3. The number of benzene rings is 1. The number of hydrogen-bond donors (Lipinski definition) is 2. The average Bonchev–Trinajstić information content (AvgIpc) is 3.19. The van der Waals surface area contributed by atoms with E-state index in [1.54, 1.807) is 16.7 Å². The zero-order valence-corrected chi connectivity index (χ0v) is 13.5. The summed E-state index contributed by atoms with van der Waals surface area (Å²) in [5.41, 5.74) is 9.03. The minimum absolute atomic E-state index is 0.0162. The Kier molecular flexibility index (Phi) is 3.49. The first kappa shape index (κ1) is 14.5. The molecule has 6 heteroatoms. The lowest BCUT2D eigenvalue weighted by molar-refractivity contribution is 0.689. The van der Waals surface area contributed by atoms with Crippen molar-refractivity contribution in [1.29, 1.82) is 0 Å². The minimum Gasteiger partial charge on any atom is -0.346 e. The van der Waals surface area contributed by atoms with Gasteiger partial charge in [-0.25, -0.2) is 0 Å². The van der Waals surface area contributed by atoms with Gasteiger partial charge in [-0.1, -0.05) is 11.6 Å². The summed E-state index contributed by atoms with van der Waals surface area (Å²) in [6.07, 6.45) is 3.91. The molecule has 0 aliphatic carbocycles. The Morgan fingerprint density at radius 1 is 1.13 bits per heavy atom. The highest BCUT2D eigenvalue weighted by Crippen LogP contribution is 2.26. The second kappa shape index (κ2) is 5.53. The number of hydrogen-bond acceptors (Lipinski definition) is 3. The highest BCUT2D eigenvalue weighted by atomic mass is 35.5. The predicted molar refractivity (Wildman–Crippen MR) is 92.3 cm³/mol. The van der Waals surface area contributed by atoms with Gasteiger partial charge in [0.05, 0.1) is 0 Å². The summed E-state index contributed by atoms with van der Waals surface area (Å²) >= 11 is 5.97. The molecule has 2 aromatic heterocycles. The monoisotopic (exact) mass is 328 g/mol. The van der Waals surface area contributed by atoms with Crippen LogP contribution in [-0.4, -0.2) is 22.2 Å². The lowest BCUT2D eigenvalue weighted by atomic mass is 9.98. The molecule has 0 bridgehead atoms. The fourth-order valence-electron chi connectivity index (χ4n) is 3.21. The van der Waals surface area contributed by atoms with Crippen molar-refractivity contribution in [2.75, 3.05) is 13.1 Å². The third-order valence-corrected chi connectivity index (χ3v) is 4.69. The molecule has 0 saturated carbocycles. The van der Waals surface area contributed by atoms with E-state index < -0.39 is 0 Å². The van der Waals surface area contributed by atoms with Gasteiger partial charge in [-0.05, 0) is 35.9 Å². The zero-order chi connectivity index (χ0) is 16.0. The topological polar surface area (TPSA) is 51.0 Å². The van der Waals surface area contributed by atoms with Crippen LogP contribution >= 0.6 is 11.6 Å². The molecule has 0 atom stereocenters. The van der Waals surface area contributed by atoms with Gasteiger partial charge < -0.3 is 4.57 Å². The van der Waals surface area contributed by atoms with E-state index in [2.05, 4.69) is 10.9 Å². The maximum absolute atomic E-state index is 12.9. The van der Waals surface area contributed by atoms with Crippen LogP contribution in [0.4, 0.5) is 0 Å². The lowest BCUT2D eigenvalue weighted by Crippen LogP contribution is -2.22. The zero-order valence-electron chi connectivity index (χ0n) is 12.7. The molecule has 5 nitrogen and oxygen atoms in total. The van der Waals surface area contributed by atoms with Gasteiger partial charge in [-0.15, -0.1) is 0 Å². The Balaban J connectivity index is 2.00. The number of aromatic nitrogens is 2. The van der Waals surface area contributed by atoms with Gasteiger partial charge in [0, 0.05) is 54.5 Å². The first-order valence-corrected chi connectivity index (χ1v) is 7.95. The molecule has 1 fully saturated rings. The van der Waals surface area contributed by atoms with Crippen LogP contribution in [0.3, 0.4) is 0 Å². The summed E-state index contributed by atoms with van der Waals surface area (Å²) in [6, 6.07) is 9.37. The van der Waals surface area contributed by atoms with Crippen LogP contribution in [0.25, 0.3) is 16.6 Å². The number of halogens is 1. The maximum Gasteiger partial charge on any atom is 0.279 e. The molecule has 3 heterocycles. The first-order chi connectivity index (χ1) is 11.1. The predicted octanol–water partition coefficient (Wildman–Crippen LogP) is 2.17. The van der Waals surface area contributed by atoms with Gasteiger partial charge >= 0.3 is 0 Å². The molecule has 23 heavy (non-hydrogen) atoms. The SMILES string of the molecule is Cn1ccc2c(C3CNNC3)cn(-c3ccc(Cl)cc3)c(=O)c21. The van der Waals surface area contributed by atoms with E-state index in [1.165, 1.54) is 5.56 Å². The molecule has 1 aliphatic rings. The Morgan fingerprint density at radius 3 is 2.52 bits per heavy atom. The fourth-order valence-corrected chi connectivity index (χ4v) is 3.34. The molecule has 1 saturated heterocycles. The van der Waals surface area contributed by atoms with Crippen molar-refractivity contribution in [3.63, 3.8) is 0 Å². The Labute approximate surface area is 138 Å². The third kappa shape index (κ3) is 2.37. The van der Waals surface area contributed by atoms with Crippen molar-refractivity contribution in [3.8, 4) is 5.69 Å². The normalized spacial score (nSPS) is 15.6. The van der Waals surface area contributed by atoms with Crippen LogP contribution in [0.1, 0.15) is 11.5 Å². The summed E-state index contributed by atoms with van der Waals surface area (Å²) < 4.78 is 3.61. The number of fused-ring (bicyclic) bond motifs is 1. The van der Waals surface area contributed by atoms with Gasteiger partial charge in [0.2, 0.25) is 0 Å². The summed E-state index contributed by atoms with van der Waals surface area (Å²) in [5, 5.41) is 1.68. The van der Waals surface area contributed by atoms with Crippen LogP contribution in [0, 0.1) is 0 Å². The number of nitrogens with one attached hydrogen (secondary N) is 2. The van der Waals surface area contributed by atoms with E-state index in [4.69, 9.17) is 11.6 Å². The third-order valence-electron chi connectivity index (χ3n) is 4.44. The number of aryl methyl sites for hydroxylation is 1. The molecule has 118 valence electrons. The molecule has 0 amide bonds. The molecule has 3 aromatic rings. The van der Waals surface area contributed by atoms with Crippen LogP contribution in [0.15, 0.2) is 47.5 Å². The maximum atomic E-state index is 12.9. The van der Waals surface area contributed by atoms with Gasteiger partial charge in [0.15, 0.2) is 0 Å². The molecule has 0 unspecified atom stereocenters. The second-order valence-electron chi connectivity index (χ2n) is 5.88. The van der Waals surface area contributed by atoms with E-state index in [0.29, 0.717) is 10.9 Å². The van der Waals surface area contributed by atoms with Gasteiger partial charge in [-0.2, -0.15) is 0 Å². The smallest absolute Gasteiger partial charge is 0.279 e. The summed E-state index contributed by atoms with van der Waals surface area (Å²) in [7, 11) is 1.91. The van der Waals surface area contributed by atoms with Gasteiger partial charge in [0.1, 0.15) is 5.52 Å². The van der Waals surface area contributed by atoms with Crippen molar-refractivity contribution < 1.29 is 0 Å². The van der Waals surface area contributed by atoms with E-state index >= 15 is 0 Å². The summed E-state index contributed by atoms with van der Waals surface area (Å²) in [6.45, 7) is 1.70. The second-order valence-corrected chi connectivity index (χ2v) is 6.32. The molecule has 0 radical (unpaired) electrons. The molecular weight excluding hydrogens is 312 g/mol. The Hall–Kier alpha value is -2.08. The van der Waals surface area contributed by atoms with Crippen LogP contribution in [0.2, 0.25) is 5.02 Å². The molecule has 1 aliphatic heterocycles. The van der Waals surface area contributed by atoms with Gasteiger partial charge in [0.25, 0.3) is 5.56 Å². The molecular formula is C17H17ClN4O. The highest BCUT2D eigenvalue weighted by Gasteiger charge is 2.22. The fraction of sp³-hybridized carbons (Fsp3) is 0.235. The number of hydrazine groups is 1. The van der Waals surface area contributed by atoms with Crippen LogP contribution in [-0.2, 0) is 7.05 Å². The number of rotatable bonds is 2. The van der Waals surface area contributed by atoms with Crippen molar-refractivity contribution in [2.45, 2.75) is 5.92 Å². The van der Waals surface area contributed by atoms with Crippen molar-refractivity contribution in [2.24, 2.45) is 7.05 Å². The van der Waals surface area contributed by atoms with E-state index in [9.17, 15) is 4.79 Å². The molecule has 1 aromatic carbocycles. The first-order valence-electron chi connectivity index (χ1n) is 7.57. The largest absolute Gasteiger partial charge is 0.346 e. The quantitative estimate of drug-likeness (QED) is 0.758. The average molecular weight is 329 g/mol. The summed E-state index contributed by atoms with van der Waals surface area (Å²) in [5.74, 6) is 0.332. The van der Waals surface area contributed by atoms with E-state index in [0.717, 1.165) is 29.7 Å². The van der Waals surface area contributed by atoms with Crippen molar-refractivity contribution in [3.05, 3.63) is 63.7 Å². The summed E-state index contributed by atoms with van der Waals surface area (Å²) in [4.78, 5) is 12.9. The van der Waals surface area contributed by atoms with Gasteiger partial charge in [-0.3, -0.25) is 20.2 Å². The Morgan fingerprint density at radius 2 is 1.83 bits per heavy atom. The molecule has 2 N–H and O–H groups in total. The van der Waals surface area contributed by atoms with Crippen LogP contribution < -0.4 is 16.4 Å². The van der Waals surface area contributed by atoms with E-state index in [1.807, 2.05) is 42.2 Å². The molecule has 4 rings (SSSR count). The highest BCUT2D eigenvalue weighted by molar-refractivity contribution is 6.30. The minimum atomic E-state index is -0.0162. The molecule has 0 spiro atoms. The van der Waals surface area contributed by atoms with Crippen molar-refractivity contribution >= 4 is 22.5 Å².